The molecule has 0 saturated carbocycles. The van der Waals surface area contributed by atoms with Crippen LogP contribution >= 0.6 is 11.3 Å². The Labute approximate surface area is 103 Å². The van der Waals surface area contributed by atoms with Crippen LogP contribution in [0.15, 0.2) is 5.51 Å². The molecule has 2 N–H and O–H groups in total. The van der Waals surface area contributed by atoms with E-state index in [0.29, 0.717) is 17.1 Å². The molecule has 2 aliphatic rings. The molecule has 6 heteroatoms. The Bertz CT molecular complexity index is 434. The van der Waals surface area contributed by atoms with Crippen LogP contribution in [0.3, 0.4) is 0 Å². The summed E-state index contributed by atoms with van der Waals surface area (Å²) in [6, 6.07) is 0.967. The van der Waals surface area contributed by atoms with Gasteiger partial charge in [-0.1, -0.05) is 0 Å². The number of nitrogens with zero attached hydrogens (tertiary/aromatic N) is 2. The minimum atomic E-state index is -0.949. The molecule has 2 aliphatic heterocycles. The fraction of sp³-hybridized carbons (Fsp3) is 0.636. The second-order valence-corrected chi connectivity index (χ2v) is 5.48. The van der Waals surface area contributed by atoms with Gasteiger partial charge in [0.15, 0.2) is 5.69 Å². The van der Waals surface area contributed by atoms with Crippen molar-refractivity contribution in [2.45, 2.75) is 31.3 Å². The Morgan fingerprint density at radius 2 is 2.41 bits per heavy atom. The molecule has 2 atom stereocenters. The zero-order chi connectivity index (χ0) is 11.8. The first-order valence-electron chi connectivity index (χ1n) is 5.93. The number of nitrogens with one attached hydrogen (secondary N) is 1. The largest absolute Gasteiger partial charge is 0.476 e. The highest BCUT2D eigenvalue weighted by atomic mass is 32.1. The molecule has 2 fully saturated rings. The van der Waals surface area contributed by atoms with E-state index in [0.717, 1.165) is 13.0 Å². The van der Waals surface area contributed by atoms with Crippen molar-refractivity contribution in [2.24, 2.45) is 0 Å². The van der Waals surface area contributed by atoms with Gasteiger partial charge in [-0.2, -0.15) is 0 Å². The Hall–Kier alpha value is -1.14. The lowest BCUT2D eigenvalue weighted by molar-refractivity contribution is 0.0692. The second-order valence-electron chi connectivity index (χ2n) is 4.62. The lowest BCUT2D eigenvalue weighted by atomic mass is 10.1. The number of aromatic carboxylic acids is 1. The summed E-state index contributed by atoms with van der Waals surface area (Å²) < 4.78 is 0. The fourth-order valence-electron chi connectivity index (χ4n) is 2.92. The van der Waals surface area contributed by atoms with Crippen LogP contribution in [-0.4, -0.2) is 46.1 Å². The van der Waals surface area contributed by atoms with Gasteiger partial charge in [0.2, 0.25) is 0 Å². The summed E-state index contributed by atoms with van der Waals surface area (Å²) in [6.45, 7) is 2.32. The first kappa shape index (κ1) is 11.0. The first-order chi connectivity index (χ1) is 8.25. The van der Waals surface area contributed by atoms with Gasteiger partial charge < -0.3 is 10.4 Å². The van der Waals surface area contributed by atoms with Gasteiger partial charge in [0.25, 0.3) is 0 Å². The van der Waals surface area contributed by atoms with Crippen LogP contribution in [0.1, 0.15) is 29.8 Å². The van der Waals surface area contributed by atoms with Crippen molar-refractivity contribution in [3.05, 3.63) is 11.2 Å². The average Bonchev–Trinajstić information content (AvgIpc) is 2.96. The van der Waals surface area contributed by atoms with Crippen molar-refractivity contribution in [2.75, 3.05) is 18.4 Å². The summed E-state index contributed by atoms with van der Waals surface area (Å²) in [5.41, 5.74) is 1.75. The van der Waals surface area contributed by atoms with Gasteiger partial charge in [0.1, 0.15) is 5.00 Å². The Kier molecular flexibility index (Phi) is 2.76. The third-order valence-corrected chi connectivity index (χ3v) is 4.45. The molecule has 0 aromatic carbocycles. The maximum absolute atomic E-state index is 11.0. The molecule has 2 saturated heterocycles. The average molecular weight is 253 g/mol. The minimum absolute atomic E-state index is 0.159. The van der Waals surface area contributed by atoms with Crippen LogP contribution in [-0.2, 0) is 0 Å². The van der Waals surface area contributed by atoms with Crippen molar-refractivity contribution >= 4 is 22.3 Å². The predicted molar refractivity (Wildman–Crippen MR) is 65.7 cm³/mol. The molecule has 0 radical (unpaired) electrons. The van der Waals surface area contributed by atoms with Crippen molar-refractivity contribution in [1.29, 1.82) is 0 Å². The van der Waals surface area contributed by atoms with E-state index in [1.807, 2.05) is 0 Å². The van der Waals surface area contributed by atoms with Crippen LogP contribution in [0.2, 0.25) is 0 Å². The highest BCUT2D eigenvalue weighted by Gasteiger charge is 2.37. The summed E-state index contributed by atoms with van der Waals surface area (Å²) in [6.07, 6.45) is 3.58. The lowest BCUT2D eigenvalue weighted by Crippen LogP contribution is -2.33. The third-order valence-electron chi connectivity index (χ3n) is 3.69. The Morgan fingerprint density at radius 1 is 1.53 bits per heavy atom. The molecular weight excluding hydrogens is 238 g/mol. The topological polar surface area (TPSA) is 65.5 Å². The maximum Gasteiger partial charge on any atom is 0.357 e. The SMILES string of the molecule is O=C(O)c1ncsc1NC1CCN2CCCC12. The monoisotopic (exact) mass is 253 g/mol. The highest BCUT2D eigenvalue weighted by Crippen LogP contribution is 2.32. The van der Waals surface area contributed by atoms with E-state index < -0.39 is 5.97 Å². The minimum Gasteiger partial charge on any atom is -0.476 e. The summed E-state index contributed by atoms with van der Waals surface area (Å²) in [5.74, 6) is -0.949. The zero-order valence-electron chi connectivity index (χ0n) is 9.43. The predicted octanol–water partition coefficient (Wildman–Crippen LogP) is 1.49. The van der Waals surface area contributed by atoms with Gasteiger partial charge in [0, 0.05) is 18.6 Å². The molecule has 2 unspecified atom stereocenters. The molecule has 0 amide bonds. The van der Waals surface area contributed by atoms with Gasteiger partial charge in [-0.3, -0.25) is 4.90 Å². The van der Waals surface area contributed by atoms with Gasteiger partial charge >= 0.3 is 5.97 Å². The third kappa shape index (κ3) is 1.91. The molecule has 3 heterocycles. The van der Waals surface area contributed by atoms with Crippen LogP contribution in [0.25, 0.3) is 0 Å². The molecule has 3 rings (SSSR count). The molecule has 0 spiro atoms. The number of carboxylic acids is 1. The molecule has 0 aliphatic carbocycles. The number of carbonyl (C=O) groups is 1. The van der Waals surface area contributed by atoms with Gasteiger partial charge in [0.05, 0.1) is 5.51 Å². The zero-order valence-corrected chi connectivity index (χ0v) is 10.2. The number of rotatable bonds is 3. The van der Waals surface area contributed by atoms with Gasteiger partial charge in [-0.25, -0.2) is 9.78 Å². The van der Waals surface area contributed by atoms with E-state index >= 15 is 0 Å². The first-order valence-corrected chi connectivity index (χ1v) is 6.81. The van der Waals surface area contributed by atoms with Gasteiger partial charge in [-0.05, 0) is 25.8 Å². The number of thiazole rings is 1. The van der Waals surface area contributed by atoms with E-state index in [9.17, 15) is 4.79 Å². The Balaban J connectivity index is 1.74. The lowest BCUT2D eigenvalue weighted by Gasteiger charge is -2.21. The van der Waals surface area contributed by atoms with E-state index in [4.69, 9.17) is 5.11 Å². The molecule has 17 heavy (non-hydrogen) atoms. The quantitative estimate of drug-likeness (QED) is 0.854. The summed E-state index contributed by atoms with van der Waals surface area (Å²) >= 11 is 1.38. The summed E-state index contributed by atoms with van der Waals surface area (Å²) in [4.78, 5) is 17.4. The van der Waals surface area contributed by atoms with E-state index in [2.05, 4.69) is 15.2 Å². The maximum atomic E-state index is 11.0. The van der Waals surface area contributed by atoms with Crippen molar-refractivity contribution in [1.82, 2.24) is 9.88 Å². The number of anilines is 1. The molecule has 5 nitrogen and oxygen atoms in total. The van der Waals surface area contributed by atoms with Crippen molar-refractivity contribution < 1.29 is 9.90 Å². The number of hydrogen-bond donors (Lipinski definition) is 2. The summed E-state index contributed by atoms with van der Waals surface area (Å²) in [7, 11) is 0. The standard InChI is InChI=1S/C11H15N3O2S/c15-11(16)9-10(17-6-12-9)13-7-3-5-14-4-1-2-8(7)14/h6-8,13H,1-5H2,(H,15,16). The Morgan fingerprint density at radius 3 is 3.24 bits per heavy atom. The highest BCUT2D eigenvalue weighted by molar-refractivity contribution is 7.14. The van der Waals surface area contributed by atoms with Crippen molar-refractivity contribution in [3.8, 4) is 0 Å². The van der Waals surface area contributed by atoms with Crippen LogP contribution in [0, 0.1) is 0 Å². The molecule has 1 aromatic heterocycles. The summed E-state index contributed by atoms with van der Waals surface area (Å²) in [5, 5.41) is 13.1. The molecule has 92 valence electrons. The van der Waals surface area contributed by atoms with Crippen LogP contribution in [0.5, 0.6) is 0 Å². The van der Waals surface area contributed by atoms with Gasteiger partial charge in [-0.15, -0.1) is 11.3 Å². The molecular formula is C11H15N3O2S. The van der Waals surface area contributed by atoms with E-state index in [1.165, 1.54) is 30.7 Å². The van der Waals surface area contributed by atoms with Crippen molar-refractivity contribution in [3.63, 3.8) is 0 Å². The second kappa shape index (κ2) is 4.27. The fourth-order valence-corrected chi connectivity index (χ4v) is 3.65. The normalized spacial score (nSPS) is 28.2. The number of carboxylic acid groups (broad SMARTS) is 1. The van der Waals surface area contributed by atoms with E-state index in [-0.39, 0.29) is 5.69 Å². The van der Waals surface area contributed by atoms with E-state index in [1.54, 1.807) is 5.51 Å². The number of fused-ring (bicyclic) bond motifs is 1. The number of hydrogen-bond acceptors (Lipinski definition) is 5. The molecule has 1 aromatic rings. The molecule has 0 bridgehead atoms. The van der Waals surface area contributed by atoms with Crippen LogP contribution < -0.4 is 5.32 Å². The van der Waals surface area contributed by atoms with Crippen LogP contribution in [0.4, 0.5) is 5.00 Å². The number of aromatic nitrogens is 1. The smallest absolute Gasteiger partial charge is 0.357 e.